The second-order valence-corrected chi connectivity index (χ2v) is 10.8. The largest absolute Gasteiger partial charge is 0.354 e. The highest BCUT2D eigenvalue weighted by molar-refractivity contribution is 7.89. The molecule has 7 nitrogen and oxygen atoms in total. The first kappa shape index (κ1) is 22.7. The average molecular weight is 436 g/mol. The van der Waals surface area contributed by atoms with Crippen LogP contribution in [0.15, 0.2) is 29.2 Å². The summed E-state index contributed by atoms with van der Waals surface area (Å²) in [7, 11) is -3.54. The molecule has 2 heterocycles. The molecule has 1 atom stereocenters. The van der Waals surface area contributed by atoms with Crippen LogP contribution in [0.4, 0.5) is 0 Å². The van der Waals surface area contributed by atoms with Crippen molar-refractivity contribution in [1.82, 2.24) is 14.5 Å². The minimum Gasteiger partial charge on any atom is -0.354 e. The third kappa shape index (κ3) is 5.03. The highest BCUT2D eigenvalue weighted by Crippen LogP contribution is 2.28. The van der Waals surface area contributed by atoms with Gasteiger partial charge in [-0.1, -0.05) is 31.5 Å². The van der Waals surface area contributed by atoms with Crippen molar-refractivity contribution >= 4 is 21.8 Å². The maximum Gasteiger partial charge on any atom is 0.243 e. The lowest BCUT2D eigenvalue weighted by Crippen LogP contribution is -2.50. The maximum absolute atomic E-state index is 13.1. The zero-order valence-corrected chi connectivity index (χ0v) is 19.0. The van der Waals surface area contributed by atoms with Crippen molar-refractivity contribution in [2.45, 2.75) is 57.4 Å². The van der Waals surface area contributed by atoms with E-state index < -0.39 is 16.1 Å². The number of hydrogen-bond donors (Lipinski definition) is 1. The van der Waals surface area contributed by atoms with Crippen LogP contribution in [0.1, 0.15) is 45.1 Å². The number of benzene rings is 1. The fourth-order valence-corrected chi connectivity index (χ4v) is 5.63. The first-order valence-corrected chi connectivity index (χ1v) is 12.3. The normalized spacial score (nSPS) is 21.2. The van der Waals surface area contributed by atoms with Crippen LogP contribution < -0.4 is 5.32 Å². The third-order valence-corrected chi connectivity index (χ3v) is 7.90. The van der Waals surface area contributed by atoms with E-state index in [1.807, 2.05) is 20.8 Å². The van der Waals surface area contributed by atoms with Gasteiger partial charge in [-0.2, -0.15) is 4.31 Å². The molecule has 8 heteroatoms. The fraction of sp³-hybridized carbons (Fsp3) is 0.636. The monoisotopic (exact) mass is 435 g/mol. The van der Waals surface area contributed by atoms with E-state index in [0.717, 1.165) is 12.0 Å². The third-order valence-electron chi connectivity index (χ3n) is 5.98. The number of carbonyl (C=O) groups excluding carboxylic acids is 2. The molecule has 2 saturated heterocycles. The van der Waals surface area contributed by atoms with Gasteiger partial charge >= 0.3 is 0 Å². The molecule has 0 aromatic heterocycles. The molecule has 0 radical (unpaired) electrons. The van der Waals surface area contributed by atoms with Gasteiger partial charge in [0.2, 0.25) is 21.8 Å². The Morgan fingerprint density at radius 3 is 2.30 bits per heavy atom. The molecule has 2 aliphatic rings. The number of hydrogen-bond acceptors (Lipinski definition) is 4. The number of nitrogens with zero attached hydrogens (tertiary/aromatic N) is 2. The number of amides is 2. The van der Waals surface area contributed by atoms with E-state index in [1.165, 1.54) is 4.31 Å². The van der Waals surface area contributed by atoms with Gasteiger partial charge in [-0.05, 0) is 50.7 Å². The Kier molecular flexibility index (Phi) is 7.18. The second kappa shape index (κ2) is 9.47. The average Bonchev–Trinajstić information content (AvgIpc) is 3.22. The van der Waals surface area contributed by atoms with Gasteiger partial charge in [0, 0.05) is 32.1 Å². The van der Waals surface area contributed by atoms with E-state index in [9.17, 15) is 18.0 Å². The molecule has 0 saturated carbocycles. The lowest BCUT2D eigenvalue weighted by atomic mass is 9.96. The van der Waals surface area contributed by atoms with Gasteiger partial charge in [0.15, 0.2) is 0 Å². The molecule has 0 aliphatic carbocycles. The van der Waals surface area contributed by atoms with Crippen LogP contribution in [0.5, 0.6) is 0 Å². The number of nitrogens with one attached hydrogen (secondary N) is 1. The molecule has 1 N–H and O–H groups in total. The van der Waals surface area contributed by atoms with E-state index in [1.54, 1.807) is 29.2 Å². The Bertz CT molecular complexity index is 859. The molecular formula is C22H33N3O4S. The topological polar surface area (TPSA) is 86.8 Å². The summed E-state index contributed by atoms with van der Waals surface area (Å²) in [4.78, 5) is 27.6. The van der Waals surface area contributed by atoms with Gasteiger partial charge in [-0.15, -0.1) is 0 Å². The van der Waals surface area contributed by atoms with Crippen molar-refractivity contribution in [3.8, 4) is 0 Å². The fourth-order valence-electron chi connectivity index (χ4n) is 4.16. The summed E-state index contributed by atoms with van der Waals surface area (Å²) in [6.45, 7) is 7.84. The number of rotatable bonds is 6. The van der Waals surface area contributed by atoms with Gasteiger partial charge < -0.3 is 10.2 Å². The van der Waals surface area contributed by atoms with Gasteiger partial charge in [0.1, 0.15) is 6.04 Å². The van der Waals surface area contributed by atoms with Crippen molar-refractivity contribution < 1.29 is 18.0 Å². The summed E-state index contributed by atoms with van der Waals surface area (Å²) >= 11 is 0. The number of sulfonamides is 1. The number of piperidine rings is 1. The first-order valence-electron chi connectivity index (χ1n) is 10.8. The summed E-state index contributed by atoms with van der Waals surface area (Å²) in [6.07, 6.45) is 2.49. The van der Waals surface area contributed by atoms with Crippen LogP contribution in [0, 0.1) is 18.8 Å². The van der Waals surface area contributed by atoms with Gasteiger partial charge in [-0.25, -0.2) is 8.42 Å². The Morgan fingerprint density at radius 2 is 1.70 bits per heavy atom. The zero-order chi connectivity index (χ0) is 21.9. The number of aryl methyl sites for hydroxylation is 1. The standard InChI is InChI=1S/C22H33N3O4S/c1-16(2)15-23-21(26)20-5-4-12-25(20)22(27)18-10-13-24(14-11-18)30(28,29)19-8-6-17(3)7-9-19/h6-9,16,18,20H,4-5,10-15H2,1-3H3,(H,23,26)/t20-/m1/s1. The summed E-state index contributed by atoms with van der Waals surface area (Å²) in [6, 6.07) is 6.45. The van der Waals surface area contributed by atoms with Crippen LogP contribution in [0.25, 0.3) is 0 Å². The Labute approximate surface area is 179 Å². The molecule has 2 fully saturated rings. The SMILES string of the molecule is Cc1ccc(S(=O)(=O)N2CCC(C(=O)N3CCC[C@@H]3C(=O)NCC(C)C)CC2)cc1. The smallest absolute Gasteiger partial charge is 0.243 e. The summed E-state index contributed by atoms with van der Waals surface area (Å²) in [5.74, 6) is 0.0470. The predicted molar refractivity (Wildman–Crippen MR) is 115 cm³/mol. The van der Waals surface area contributed by atoms with Crippen LogP contribution in [-0.4, -0.2) is 61.7 Å². The Morgan fingerprint density at radius 1 is 1.07 bits per heavy atom. The van der Waals surface area contributed by atoms with E-state index in [-0.39, 0.29) is 17.7 Å². The predicted octanol–water partition coefficient (Wildman–Crippen LogP) is 2.16. The molecular weight excluding hydrogens is 402 g/mol. The van der Waals surface area contributed by atoms with Crippen molar-refractivity contribution in [2.24, 2.45) is 11.8 Å². The molecule has 2 aliphatic heterocycles. The van der Waals surface area contributed by atoms with Crippen LogP contribution >= 0.6 is 0 Å². The highest BCUT2D eigenvalue weighted by Gasteiger charge is 2.39. The van der Waals surface area contributed by atoms with Crippen LogP contribution in [0.3, 0.4) is 0 Å². The van der Waals surface area contributed by atoms with Crippen LogP contribution in [-0.2, 0) is 19.6 Å². The van der Waals surface area contributed by atoms with Crippen LogP contribution in [0.2, 0.25) is 0 Å². The minimum absolute atomic E-state index is 0.00965. The first-order chi connectivity index (χ1) is 14.2. The van der Waals surface area contributed by atoms with Crippen molar-refractivity contribution in [3.05, 3.63) is 29.8 Å². The molecule has 0 unspecified atom stereocenters. The Hall–Kier alpha value is -1.93. The summed E-state index contributed by atoms with van der Waals surface area (Å²) in [5, 5.41) is 2.94. The molecule has 0 bridgehead atoms. The van der Waals surface area contributed by atoms with Crippen molar-refractivity contribution in [1.29, 1.82) is 0 Å². The summed E-state index contributed by atoms with van der Waals surface area (Å²) < 4.78 is 27.2. The molecule has 1 aromatic rings. The van der Waals surface area contributed by atoms with E-state index in [2.05, 4.69) is 5.32 Å². The van der Waals surface area contributed by atoms with E-state index in [0.29, 0.717) is 56.3 Å². The van der Waals surface area contributed by atoms with Gasteiger partial charge in [0.25, 0.3) is 0 Å². The highest BCUT2D eigenvalue weighted by atomic mass is 32.2. The van der Waals surface area contributed by atoms with E-state index >= 15 is 0 Å². The Balaban J connectivity index is 1.59. The summed E-state index contributed by atoms with van der Waals surface area (Å²) in [5.41, 5.74) is 1.01. The van der Waals surface area contributed by atoms with Crippen molar-refractivity contribution in [3.63, 3.8) is 0 Å². The minimum atomic E-state index is -3.54. The molecule has 30 heavy (non-hydrogen) atoms. The molecule has 0 spiro atoms. The maximum atomic E-state index is 13.1. The zero-order valence-electron chi connectivity index (χ0n) is 18.1. The molecule has 2 amide bonds. The van der Waals surface area contributed by atoms with Crippen molar-refractivity contribution in [2.75, 3.05) is 26.2 Å². The number of likely N-dealkylation sites (tertiary alicyclic amines) is 1. The molecule has 1 aromatic carbocycles. The second-order valence-electron chi connectivity index (χ2n) is 8.82. The molecule has 3 rings (SSSR count). The number of carbonyl (C=O) groups is 2. The molecule has 166 valence electrons. The van der Waals surface area contributed by atoms with E-state index in [4.69, 9.17) is 0 Å². The quantitative estimate of drug-likeness (QED) is 0.742. The lowest BCUT2D eigenvalue weighted by Gasteiger charge is -2.34. The van der Waals surface area contributed by atoms with Gasteiger partial charge in [0.05, 0.1) is 4.90 Å². The van der Waals surface area contributed by atoms with Gasteiger partial charge in [-0.3, -0.25) is 9.59 Å². The lowest BCUT2D eigenvalue weighted by molar-refractivity contribution is -0.142.